The number of methoxy groups -OCH3 is 2. The average Bonchev–Trinajstić information content (AvgIpc) is 3.19. The highest BCUT2D eigenvalue weighted by molar-refractivity contribution is 6.31. The van der Waals surface area contributed by atoms with E-state index in [1.165, 1.54) is 4.68 Å². The molecule has 0 radical (unpaired) electrons. The van der Waals surface area contributed by atoms with Gasteiger partial charge in [-0.1, -0.05) is 17.7 Å². The van der Waals surface area contributed by atoms with Crippen molar-refractivity contribution in [1.29, 1.82) is 0 Å². The molecule has 0 spiro atoms. The Labute approximate surface area is 197 Å². The van der Waals surface area contributed by atoms with Crippen LogP contribution in [0, 0.1) is 6.92 Å². The van der Waals surface area contributed by atoms with Crippen LogP contribution in [0.5, 0.6) is 11.5 Å². The van der Waals surface area contributed by atoms with Crippen LogP contribution in [0.15, 0.2) is 76.5 Å². The summed E-state index contributed by atoms with van der Waals surface area (Å²) in [7, 11) is 3.22. The molecule has 6 nitrogen and oxygen atoms in total. The summed E-state index contributed by atoms with van der Waals surface area (Å²) in [5, 5.41) is 3.89. The summed E-state index contributed by atoms with van der Waals surface area (Å²) < 4.78 is 12.0. The van der Waals surface area contributed by atoms with Crippen molar-refractivity contribution in [2.75, 3.05) is 14.2 Å². The quantitative estimate of drug-likeness (QED) is 0.360. The first-order chi connectivity index (χ1) is 15.9. The highest BCUT2D eigenvalue weighted by Gasteiger charge is 2.20. The maximum Gasteiger partial charge on any atom is 0.280 e. The van der Waals surface area contributed by atoms with Gasteiger partial charge in [-0.25, -0.2) is 4.68 Å². The summed E-state index contributed by atoms with van der Waals surface area (Å²) in [6.45, 7) is 3.74. The minimum Gasteiger partial charge on any atom is -0.497 e. The monoisotopic (exact) mass is 461 g/mol. The topological polar surface area (TPSA) is 68.6 Å². The highest BCUT2D eigenvalue weighted by Crippen LogP contribution is 2.28. The Kier molecular flexibility index (Phi) is 6.38. The fraction of sp³-hybridized carbons (Fsp3) is 0.154. The van der Waals surface area contributed by atoms with Crippen LogP contribution in [0.25, 0.3) is 16.9 Å². The first kappa shape index (κ1) is 22.4. The lowest BCUT2D eigenvalue weighted by atomic mass is 10.0. The third kappa shape index (κ3) is 4.43. The first-order valence-corrected chi connectivity index (χ1v) is 10.8. The second-order valence-corrected chi connectivity index (χ2v) is 7.92. The molecule has 4 aromatic rings. The normalized spacial score (nSPS) is 11.5. The van der Waals surface area contributed by atoms with E-state index in [2.05, 4.69) is 5.10 Å². The van der Waals surface area contributed by atoms with E-state index in [1.54, 1.807) is 14.2 Å². The Morgan fingerprint density at radius 1 is 0.939 bits per heavy atom. The Bertz CT molecular complexity index is 1370. The number of halogens is 1. The van der Waals surface area contributed by atoms with Gasteiger partial charge in [-0.3, -0.25) is 14.9 Å². The summed E-state index contributed by atoms with van der Waals surface area (Å²) in [5.74, 6) is 1.44. The van der Waals surface area contributed by atoms with E-state index < -0.39 is 0 Å². The molecule has 0 aliphatic carbocycles. The van der Waals surface area contributed by atoms with Gasteiger partial charge in [-0.2, -0.15) is 0 Å². The summed E-state index contributed by atoms with van der Waals surface area (Å²) in [4.78, 5) is 18.4. The van der Waals surface area contributed by atoms with Crippen molar-refractivity contribution in [3.63, 3.8) is 0 Å². The molecule has 1 aromatic heterocycles. The maximum absolute atomic E-state index is 13.6. The zero-order valence-corrected chi connectivity index (χ0v) is 19.6. The van der Waals surface area contributed by atoms with Gasteiger partial charge in [0.25, 0.3) is 5.56 Å². The first-order valence-electron chi connectivity index (χ1n) is 10.4. The van der Waals surface area contributed by atoms with Gasteiger partial charge in [-0.15, -0.1) is 0 Å². The van der Waals surface area contributed by atoms with Crippen molar-refractivity contribution < 1.29 is 9.47 Å². The van der Waals surface area contributed by atoms with Crippen LogP contribution in [0.1, 0.15) is 18.1 Å². The number of nitrogens with zero attached hydrogens (tertiary/aromatic N) is 2. The second-order valence-electron chi connectivity index (χ2n) is 7.51. The Hall–Kier alpha value is -3.77. The van der Waals surface area contributed by atoms with Gasteiger partial charge in [0.1, 0.15) is 11.5 Å². The number of benzene rings is 3. The number of aromatic nitrogens is 2. The van der Waals surface area contributed by atoms with Crippen molar-refractivity contribution in [1.82, 2.24) is 9.78 Å². The molecule has 168 valence electrons. The summed E-state index contributed by atoms with van der Waals surface area (Å²) in [6.07, 6.45) is 0. The predicted molar refractivity (Wildman–Crippen MR) is 133 cm³/mol. The molecule has 4 rings (SSSR count). The molecule has 0 bridgehead atoms. The molecule has 0 aliphatic heterocycles. The van der Waals surface area contributed by atoms with Crippen molar-refractivity contribution in [2.45, 2.75) is 13.8 Å². The molecule has 1 heterocycles. The van der Waals surface area contributed by atoms with Crippen molar-refractivity contribution in [2.24, 2.45) is 4.99 Å². The van der Waals surface area contributed by atoms with E-state index >= 15 is 0 Å². The molecule has 0 saturated heterocycles. The Balaban J connectivity index is 1.91. The fourth-order valence-corrected chi connectivity index (χ4v) is 3.78. The van der Waals surface area contributed by atoms with Crippen LogP contribution in [-0.2, 0) is 0 Å². The Morgan fingerprint density at radius 2 is 1.55 bits per heavy atom. The summed E-state index contributed by atoms with van der Waals surface area (Å²) in [5.41, 5.74) is 4.63. The highest BCUT2D eigenvalue weighted by atomic mass is 35.5. The zero-order chi connectivity index (χ0) is 23.5. The van der Waals surface area contributed by atoms with E-state index in [1.807, 2.05) is 80.6 Å². The van der Waals surface area contributed by atoms with E-state index in [0.717, 1.165) is 22.6 Å². The van der Waals surface area contributed by atoms with Crippen molar-refractivity contribution >= 4 is 23.0 Å². The lowest BCUT2D eigenvalue weighted by Crippen LogP contribution is -2.19. The van der Waals surface area contributed by atoms with Gasteiger partial charge in [0.2, 0.25) is 0 Å². The van der Waals surface area contributed by atoms with Gasteiger partial charge in [0.05, 0.1) is 42.6 Å². The summed E-state index contributed by atoms with van der Waals surface area (Å²) in [6, 6.07) is 20.3. The molecule has 0 amide bonds. The molecule has 0 atom stereocenters. The zero-order valence-electron chi connectivity index (χ0n) is 18.8. The predicted octanol–water partition coefficient (Wildman–Crippen LogP) is 5.95. The molecule has 7 heteroatoms. The van der Waals surface area contributed by atoms with Crippen molar-refractivity contribution in [3.8, 4) is 28.4 Å². The summed E-state index contributed by atoms with van der Waals surface area (Å²) >= 11 is 6.28. The maximum atomic E-state index is 13.6. The molecule has 1 N–H and O–H groups in total. The lowest BCUT2D eigenvalue weighted by Gasteiger charge is -2.06. The number of aliphatic imine (C=N–C) groups is 1. The van der Waals surface area contributed by atoms with Gasteiger partial charge in [0, 0.05) is 10.6 Å². The van der Waals surface area contributed by atoms with Crippen LogP contribution < -0.4 is 15.0 Å². The van der Waals surface area contributed by atoms with Crippen LogP contribution in [0.4, 0.5) is 5.69 Å². The van der Waals surface area contributed by atoms with E-state index in [9.17, 15) is 4.79 Å². The largest absolute Gasteiger partial charge is 0.497 e. The number of aromatic amines is 1. The fourth-order valence-electron chi connectivity index (χ4n) is 3.61. The number of rotatable bonds is 6. The number of hydrogen-bond acceptors (Lipinski definition) is 4. The van der Waals surface area contributed by atoms with Gasteiger partial charge < -0.3 is 9.47 Å². The molecular weight excluding hydrogens is 438 g/mol. The van der Waals surface area contributed by atoms with Crippen LogP contribution in [0.3, 0.4) is 0 Å². The van der Waals surface area contributed by atoms with Crippen LogP contribution >= 0.6 is 11.6 Å². The van der Waals surface area contributed by atoms with Crippen molar-refractivity contribution in [3.05, 3.63) is 93.2 Å². The standard InChI is InChI=1S/C26H24ClN3O3/c1-16-22(27)6-5-7-23(16)28-17(2)24-25(18-8-12-20(32-3)13-9-18)29-30(26(24)31)19-10-14-21(33-4)15-11-19/h5-15,29H,1-4H3. The second kappa shape index (κ2) is 9.38. The van der Waals surface area contributed by atoms with Crippen LogP contribution in [-0.4, -0.2) is 29.7 Å². The molecule has 0 aliphatic rings. The molecule has 33 heavy (non-hydrogen) atoms. The molecule has 3 aromatic carbocycles. The average molecular weight is 462 g/mol. The van der Waals surface area contributed by atoms with E-state index in [4.69, 9.17) is 26.1 Å². The molecule has 0 unspecified atom stereocenters. The smallest absolute Gasteiger partial charge is 0.280 e. The van der Waals surface area contributed by atoms with Gasteiger partial charge in [0.15, 0.2) is 0 Å². The van der Waals surface area contributed by atoms with E-state index in [0.29, 0.717) is 33.4 Å². The molecule has 0 saturated carbocycles. The number of ether oxygens (including phenoxy) is 2. The lowest BCUT2D eigenvalue weighted by molar-refractivity contribution is 0.414. The SMILES string of the molecule is COc1ccc(-c2[nH]n(-c3ccc(OC)cc3)c(=O)c2C(C)=Nc2cccc(Cl)c2C)cc1. The van der Waals surface area contributed by atoms with Gasteiger partial charge >= 0.3 is 0 Å². The number of hydrogen-bond donors (Lipinski definition) is 1. The van der Waals surface area contributed by atoms with Gasteiger partial charge in [-0.05, 0) is 80.1 Å². The Morgan fingerprint density at radius 3 is 2.15 bits per heavy atom. The minimum absolute atomic E-state index is 0.202. The molecule has 0 fully saturated rings. The molecular formula is C26H24ClN3O3. The third-order valence-electron chi connectivity index (χ3n) is 5.49. The number of nitrogens with one attached hydrogen (secondary N) is 1. The minimum atomic E-state index is -0.202. The number of H-pyrrole nitrogens is 1. The third-order valence-corrected chi connectivity index (χ3v) is 5.90. The van der Waals surface area contributed by atoms with E-state index in [-0.39, 0.29) is 5.56 Å². The van der Waals surface area contributed by atoms with Crippen LogP contribution in [0.2, 0.25) is 5.02 Å².